The van der Waals surface area contributed by atoms with E-state index in [-0.39, 0.29) is 21.8 Å². The Morgan fingerprint density at radius 2 is 1.60 bits per heavy atom. The predicted molar refractivity (Wildman–Crippen MR) is 111 cm³/mol. The molecule has 0 aliphatic heterocycles. The molecule has 0 saturated heterocycles. The summed E-state index contributed by atoms with van der Waals surface area (Å²) >= 11 is 6.18. The molecule has 0 radical (unpaired) electrons. The predicted octanol–water partition coefficient (Wildman–Crippen LogP) is 4.59. The number of carbonyl (C=O) groups excluding carboxylic acids is 1. The number of carboxylic acid groups (broad SMARTS) is 1. The summed E-state index contributed by atoms with van der Waals surface area (Å²) in [5.74, 6) is -3.31. The zero-order chi connectivity index (χ0) is 26.4. The second-order valence-electron chi connectivity index (χ2n) is 6.64. The molecule has 0 spiro atoms. The van der Waals surface area contributed by atoms with Gasteiger partial charge in [-0.15, -0.1) is 0 Å². The summed E-state index contributed by atoms with van der Waals surface area (Å²) in [7, 11) is 0. The number of hydrogen-bond donors (Lipinski definition) is 3. The Morgan fingerprint density at radius 1 is 1.00 bits per heavy atom. The largest absolute Gasteiger partial charge is 0.490 e. The van der Waals surface area contributed by atoms with Gasteiger partial charge in [0.25, 0.3) is 5.91 Å². The van der Waals surface area contributed by atoms with E-state index < -0.39 is 35.8 Å². The van der Waals surface area contributed by atoms with Gasteiger partial charge in [0.15, 0.2) is 0 Å². The Morgan fingerprint density at radius 3 is 2.06 bits per heavy atom. The molecule has 0 fully saturated rings. The molecule has 1 atom stereocenters. The highest BCUT2D eigenvalue weighted by molar-refractivity contribution is 6.31. The number of amides is 1. The van der Waals surface area contributed by atoms with E-state index in [9.17, 15) is 35.9 Å². The molecule has 7 nitrogen and oxygen atoms in total. The molecule has 3 aromatic rings. The number of aromatic nitrogens is 2. The SMILES string of the molecule is O=C(N[C@@H](c1ccc(C(F)(F)F)cc1)c1ncccc1Cl)c1ccc(=O)[nH]c1.O=C(O)C(F)(F)F. The molecule has 1 amide bonds. The maximum atomic E-state index is 12.8. The zero-order valence-electron chi connectivity index (χ0n) is 17.1. The number of halogens is 7. The third-order valence-corrected chi connectivity index (χ3v) is 4.52. The summed E-state index contributed by atoms with van der Waals surface area (Å²) in [5.41, 5.74) is -0.366. The number of hydrogen-bond acceptors (Lipinski definition) is 4. The van der Waals surface area contributed by atoms with E-state index in [0.29, 0.717) is 5.56 Å². The van der Waals surface area contributed by atoms with Crippen LogP contribution in [0.15, 0.2) is 65.7 Å². The smallest absolute Gasteiger partial charge is 0.475 e. The number of aliphatic carboxylic acids is 1. The monoisotopic (exact) mass is 521 g/mol. The van der Waals surface area contributed by atoms with Crippen molar-refractivity contribution in [2.24, 2.45) is 0 Å². The number of H-pyrrole nitrogens is 1. The van der Waals surface area contributed by atoms with Gasteiger partial charge in [-0.05, 0) is 35.9 Å². The van der Waals surface area contributed by atoms with Crippen molar-refractivity contribution in [3.05, 3.63) is 98.7 Å². The fraction of sp³-hybridized carbons (Fsp3) is 0.143. The fourth-order valence-electron chi connectivity index (χ4n) is 2.55. The highest BCUT2D eigenvalue weighted by atomic mass is 35.5. The number of nitrogens with one attached hydrogen (secondary N) is 2. The van der Waals surface area contributed by atoms with Crippen LogP contribution in [0.3, 0.4) is 0 Å². The van der Waals surface area contributed by atoms with E-state index in [4.69, 9.17) is 21.5 Å². The van der Waals surface area contributed by atoms with Crippen molar-refractivity contribution in [2.75, 3.05) is 0 Å². The third kappa shape index (κ3) is 7.84. The minimum atomic E-state index is -5.08. The van der Waals surface area contributed by atoms with E-state index in [0.717, 1.165) is 12.1 Å². The normalized spacial score (nSPS) is 12.2. The first-order valence-electron chi connectivity index (χ1n) is 9.27. The van der Waals surface area contributed by atoms with E-state index in [1.165, 1.54) is 36.7 Å². The molecule has 2 aromatic heterocycles. The first kappa shape index (κ1) is 27.4. The maximum absolute atomic E-state index is 12.8. The van der Waals surface area contributed by atoms with Crippen molar-refractivity contribution in [2.45, 2.75) is 18.4 Å². The van der Waals surface area contributed by atoms with E-state index in [1.54, 1.807) is 12.1 Å². The molecular weight excluding hydrogens is 508 g/mol. The minimum Gasteiger partial charge on any atom is -0.475 e. The average Bonchev–Trinajstić information content (AvgIpc) is 2.78. The number of aromatic amines is 1. The van der Waals surface area contributed by atoms with Gasteiger partial charge in [0, 0.05) is 18.5 Å². The van der Waals surface area contributed by atoms with Crippen LogP contribution in [-0.4, -0.2) is 33.1 Å². The van der Waals surface area contributed by atoms with Gasteiger partial charge in [-0.25, -0.2) is 4.79 Å². The van der Waals surface area contributed by atoms with Gasteiger partial charge in [0.1, 0.15) is 0 Å². The third-order valence-electron chi connectivity index (χ3n) is 4.20. The van der Waals surface area contributed by atoms with Gasteiger partial charge in [0.05, 0.1) is 27.9 Å². The standard InChI is InChI=1S/C19H13ClF3N3O2.C2HF3O2/c20-14-2-1-9-24-17(14)16(11-3-6-13(7-4-11)19(21,22)23)26-18(28)12-5-8-15(27)25-10-12;3-2(4,5)1(6)7/h1-10,16H,(H,25,27)(H,26,28);(H,6,7)/t16-;/m0./s1. The maximum Gasteiger partial charge on any atom is 0.490 e. The first-order valence-corrected chi connectivity index (χ1v) is 9.65. The van der Waals surface area contributed by atoms with E-state index >= 15 is 0 Å². The Labute approximate surface area is 197 Å². The van der Waals surface area contributed by atoms with Crippen molar-refractivity contribution < 1.29 is 41.0 Å². The van der Waals surface area contributed by atoms with Crippen LogP contribution >= 0.6 is 11.6 Å². The number of carboxylic acids is 1. The lowest BCUT2D eigenvalue weighted by Gasteiger charge is -2.20. The lowest BCUT2D eigenvalue weighted by Crippen LogP contribution is -2.30. The lowest BCUT2D eigenvalue weighted by atomic mass is 10.0. The molecule has 3 rings (SSSR count). The van der Waals surface area contributed by atoms with Gasteiger partial charge in [0.2, 0.25) is 5.56 Å². The number of benzene rings is 1. The molecule has 14 heteroatoms. The van der Waals surface area contributed by atoms with Crippen LogP contribution in [0.1, 0.15) is 33.2 Å². The average molecular weight is 522 g/mol. The van der Waals surface area contributed by atoms with Gasteiger partial charge >= 0.3 is 18.3 Å². The van der Waals surface area contributed by atoms with Crippen LogP contribution in [0.25, 0.3) is 0 Å². The molecule has 0 aliphatic rings. The number of carbonyl (C=O) groups is 2. The molecule has 0 bridgehead atoms. The Balaban J connectivity index is 0.000000540. The van der Waals surface area contributed by atoms with Crippen molar-refractivity contribution in [3.8, 4) is 0 Å². The number of alkyl halides is 6. The van der Waals surface area contributed by atoms with E-state index in [1.807, 2.05) is 0 Å². The Kier molecular flexibility index (Phi) is 8.63. The molecule has 35 heavy (non-hydrogen) atoms. The summed E-state index contributed by atoms with van der Waals surface area (Å²) in [5, 5.41) is 10.1. The van der Waals surface area contributed by atoms with Gasteiger partial charge in [-0.3, -0.25) is 14.6 Å². The summed E-state index contributed by atoms with van der Waals surface area (Å²) < 4.78 is 70.3. The van der Waals surface area contributed by atoms with Crippen molar-refractivity contribution in [1.29, 1.82) is 0 Å². The molecule has 3 N–H and O–H groups in total. The van der Waals surface area contributed by atoms with Crippen molar-refractivity contribution in [3.63, 3.8) is 0 Å². The second kappa shape index (κ2) is 11.0. The van der Waals surface area contributed by atoms with Crippen LogP contribution in [0.4, 0.5) is 26.3 Å². The first-order chi connectivity index (χ1) is 16.2. The quantitative estimate of drug-likeness (QED) is 0.435. The van der Waals surface area contributed by atoms with Crippen LogP contribution in [0, 0.1) is 0 Å². The molecular formula is C21H14ClF6N3O4. The molecule has 2 heterocycles. The van der Waals surface area contributed by atoms with Crippen LogP contribution < -0.4 is 10.9 Å². The molecule has 0 saturated carbocycles. The van der Waals surface area contributed by atoms with E-state index in [2.05, 4.69) is 15.3 Å². The highest BCUT2D eigenvalue weighted by Crippen LogP contribution is 2.32. The Hall–Kier alpha value is -3.87. The highest BCUT2D eigenvalue weighted by Gasteiger charge is 2.38. The fourth-order valence-corrected chi connectivity index (χ4v) is 2.78. The van der Waals surface area contributed by atoms with Crippen molar-refractivity contribution in [1.82, 2.24) is 15.3 Å². The van der Waals surface area contributed by atoms with Crippen LogP contribution in [0.2, 0.25) is 5.02 Å². The lowest BCUT2D eigenvalue weighted by molar-refractivity contribution is -0.192. The number of nitrogens with zero attached hydrogens (tertiary/aromatic N) is 1. The number of rotatable bonds is 4. The zero-order valence-corrected chi connectivity index (χ0v) is 17.9. The summed E-state index contributed by atoms with van der Waals surface area (Å²) in [6, 6.07) is 9.14. The summed E-state index contributed by atoms with van der Waals surface area (Å²) in [4.78, 5) is 39.2. The van der Waals surface area contributed by atoms with Crippen molar-refractivity contribution >= 4 is 23.5 Å². The second-order valence-corrected chi connectivity index (χ2v) is 7.05. The van der Waals surface area contributed by atoms with Gasteiger partial charge in [-0.1, -0.05) is 23.7 Å². The number of pyridine rings is 2. The topological polar surface area (TPSA) is 112 Å². The van der Waals surface area contributed by atoms with Crippen LogP contribution in [-0.2, 0) is 11.0 Å². The van der Waals surface area contributed by atoms with Crippen LogP contribution in [0.5, 0.6) is 0 Å². The minimum absolute atomic E-state index is 0.170. The molecule has 186 valence electrons. The van der Waals surface area contributed by atoms with Gasteiger partial charge in [-0.2, -0.15) is 26.3 Å². The molecule has 1 aromatic carbocycles. The molecule has 0 aliphatic carbocycles. The summed E-state index contributed by atoms with van der Waals surface area (Å²) in [6.07, 6.45) is -6.86. The molecule has 0 unspecified atom stereocenters. The van der Waals surface area contributed by atoms with Gasteiger partial charge < -0.3 is 15.4 Å². The summed E-state index contributed by atoms with van der Waals surface area (Å²) in [6.45, 7) is 0. The Bertz CT molecular complexity index is 1220.